The Balaban J connectivity index is 1.09. The average molecular weight is 635 g/mol. The Kier molecular flexibility index (Phi) is 7.44. The van der Waals surface area contributed by atoms with Gasteiger partial charge >= 0.3 is 0 Å². The molecule has 10 nitrogen and oxygen atoms in total. The molecule has 8 aromatic rings. The van der Waals surface area contributed by atoms with Gasteiger partial charge in [-0.25, -0.2) is 19.9 Å². The van der Waals surface area contributed by atoms with Gasteiger partial charge in [-0.3, -0.25) is 9.80 Å². The van der Waals surface area contributed by atoms with Crippen molar-refractivity contribution >= 4 is 44.1 Å². The van der Waals surface area contributed by atoms with Gasteiger partial charge < -0.3 is 19.9 Å². The molecule has 0 spiro atoms. The van der Waals surface area contributed by atoms with E-state index in [1.807, 2.05) is 24.3 Å². The Hall–Kier alpha value is -5.32. The maximum atomic E-state index is 5.01. The smallest absolute Gasteiger partial charge is 0.121 e. The highest BCUT2D eigenvalue weighted by molar-refractivity contribution is 5.76. The van der Waals surface area contributed by atoms with Gasteiger partial charge in [-0.15, -0.1) is 0 Å². The monoisotopic (exact) mass is 634 g/mol. The van der Waals surface area contributed by atoms with Crippen LogP contribution in [0.25, 0.3) is 44.1 Å². The first-order chi connectivity index (χ1) is 23.7. The molecule has 9 rings (SSSR count). The van der Waals surface area contributed by atoms with E-state index in [1.54, 1.807) is 0 Å². The summed E-state index contributed by atoms with van der Waals surface area (Å²) in [6, 6.07) is 33.6. The minimum absolute atomic E-state index is 0.258. The molecule has 0 amide bonds. The molecule has 2 unspecified atom stereocenters. The molecule has 48 heavy (non-hydrogen) atoms. The molecular formula is C38H38N10. The Morgan fingerprint density at radius 3 is 0.958 bits per heavy atom. The van der Waals surface area contributed by atoms with Gasteiger partial charge in [0.1, 0.15) is 23.3 Å². The summed E-state index contributed by atoms with van der Waals surface area (Å²) < 4.78 is 0. The number of benzene rings is 4. The molecule has 240 valence electrons. The van der Waals surface area contributed by atoms with E-state index < -0.39 is 0 Å². The molecule has 4 aromatic carbocycles. The van der Waals surface area contributed by atoms with Crippen molar-refractivity contribution in [3.63, 3.8) is 0 Å². The molecule has 10 heteroatoms. The number of para-hydroxylation sites is 8. The van der Waals surface area contributed by atoms with Crippen LogP contribution in [-0.4, -0.2) is 61.8 Å². The molecule has 1 aliphatic rings. The fraction of sp³-hybridized carbons (Fsp3) is 0.263. The lowest BCUT2D eigenvalue weighted by atomic mass is 9.87. The van der Waals surface area contributed by atoms with E-state index >= 15 is 0 Å². The van der Waals surface area contributed by atoms with E-state index in [1.165, 1.54) is 12.8 Å². The Morgan fingerprint density at radius 2 is 0.688 bits per heavy atom. The van der Waals surface area contributed by atoms with Crippen molar-refractivity contribution in [3.05, 3.63) is 120 Å². The number of fused-ring (bicyclic) bond motifs is 4. The number of H-pyrrole nitrogens is 4. The van der Waals surface area contributed by atoms with Crippen molar-refractivity contribution in [2.45, 2.75) is 63.9 Å². The summed E-state index contributed by atoms with van der Waals surface area (Å²) in [6.07, 6.45) is 4.53. The number of nitrogens with one attached hydrogen (secondary N) is 4. The van der Waals surface area contributed by atoms with Crippen LogP contribution in [0, 0.1) is 0 Å². The van der Waals surface area contributed by atoms with Crippen molar-refractivity contribution in [3.8, 4) is 0 Å². The van der Waals surface area contributed by atoms with Gasteiger partial charge in [0.15, 0.2) is 0 Å². The van der Waals surface area contributed by atoms with E-state index in [0.717, 1.165) is 80.3 Å². The number of aromatic nitrogens is 8. The third kappa shape index (κ3) is 5.74. The number of rotatable bonds is 10. The number of nitrogens with zero attached hydrogens (tertiary/aromatic N) is 6. The van der Waals surface area contributed by atoms with Gasteiger partial charge in [0.2, 0.25) is 0 Å². The first-order valence-electron chi connectivity index (χ1n) is 16.9. The number of hydrogen-bond donors (Lipinski definition) is 4. The van der Waals surface area contributed by atoms with Crippen LogP contribution in [0.1, 0.15) is 49.0 Å². The predicted octanol–water partition coefficient (Wildman–Crippen LogP) is 7.21. The summed E-state index contributed by atoms with van der Waals surface area (Å²) in [6.45, 7) is 2.76. The molecule has 4 N–H and O–H groups in total. The number of aromatic amines is 4. The van der Waals surface area contributed by atoms with Gasteiger partial charge in [0, 0.05) is 12.1 Å². The second kappa shape index (κ2) is 12.4. The maximum absolute atomic E-state index is 5.01. The molecule has 4 aromatic heterocycles. The fourth-order valence-electron chi connectivity index (χ4n) is 7.62. The zero-order chi connectivity index (χ0) is 31.9. The summed E-state index contributed by atoms with van der Waals surface area (Å²) in [5.41, 5.74) is 8.22. The van der Waals surface area contributed by atoms with E-state index in [0.29, 0.717) is 26.2 Å². The van der Waals surface area contributed by atoms with Gasteiger partial charge in [-0.2, -0.15) is 0 Å². The quantitative estimate of drug-likeness (QED) is 0.126. The molecule has 0 saturated heterocycles. The van der Waals surface area contributed by atoms with Crippen molar-refractivity contribution < 1.29 is 0 Å². The molecule has 0 aliphatic heterocycles. The van der Waals surface area contributed by atoms with E-state index in [9.17, 15) is 0 Å². The minimum atomic E-state index is 0.258. The fourth-order valence-corrected chi connectivity index (χ4v) is 7.62. The Morgan fingerprint density at radius 1 is 0.417 bits per heavy atom. The van der Waals surface area contributed by atoms with Crippen molar-refractivity contribution in [1.82, 2.24) is 49.7 Å². The van der Waals surface area contributed by atoms with E-state index in [4.69, 9.17) is 19.9 Å². The number of hydrogen-bond acceptors (Lipinski definition) is 6. The average Bonchev–Trinajstić information content (AvgIpc) is 3.91. The molecule has 1 saturated carbocycles. The largest absolute Gasteiger partial charge is 0.341 e. The molecule has 0 bridgehead atoms. The van der Waals surface area contributed by atoms with Crippen molar-refractivity contribution in [2.24, 2.45) is 0 Å². The molecule has 1 fully saturated rings. The van der Waals surface area contributed by atoms with Gasteiger partial charge in [-0.1, -0.05) is 61.4 Å². The van der Waals surface area contributed by atoms with Crippen molar-refractivity contribution in [1.29, 1.82) is 0 Å². The molecule has 4 heterocycles. The third-order valence-electron chi connectivity index (χ3n) is 9.80. The van der Waals surface area contributed by atoms with E-state index in [2.05, 4.69) is 103 Å². The minimum Gasteiger partial charge on any atom is -0.341 e. The van der Waals surface area contributed by atoms with Crippen LogP contribution in [-0.2, 0) is 26.2 Å². The summed E-state index contributed by atoms with van der Waals surface area (Å²) in [5, 5.41) is 0. The summed E-state index contributed by atoms with van der Waals surface area (Å²) >= 11 is 0. The Bertz CT molecular complexity index is 1880. The first kappa shape index (κ1) is 28.9. The third-order valence-corrected chi connectivity index (χ3v) is 9.80. The highest BCUT2D eigenvalue weighted by Gasteiger charge is 2.36. The van der Waals surface area contributed by atoms with Crippen LogP contribution >= 0.6 is 0 Å². The van der Waals surface area contributed by atoms with Gasteiger partial charge in [0.05, 0.1) is 70.3 Å². The van der Waals surface area contributed by atoms with Crippen LogP contribution < -0.4 is 0 Å². The summed E-state index contributed by atoms with van der Waals surface area (Å²) in [7, 11) is 0. The topological polar surface area (TPSA) is 121 Å². The summed E-state index contributed by atoms with van der Waals surface area (Å²) in [5.74, 6) is 3.88. The first-order valence-corrected chi connectivity index (χ1v) is 16.9. The van der Waals surface area contributed by atoms with Crippen LogP contribution in [0.4, 0.5) is 0 Å². The van der Waals surface area contributed by atoms with Crippen LogP contribution in [0.2, 0.25) is 0 Å². The zero-order valence-corrected chi connectivity index (χ0v) is 26.7. The zero-order valence-electron chi connectivity index (χ0n) is 26.7. The lowest BCUT2D eigenvalue weighted by molar-refractivity contribution is 0.0252. The predicted molar refractivity (Wildman–Crippen MR) is 189 cm³/mol. The van der Waals surface area contributed by atoms with E-state index in [-0.39, 0.29) is 12.1 Å². The molecular weight excluding hydrogens is 596 g/mol. The number of imidazole rings is 4. The van der Waals surface area contributed by atoms with Crippen molar-refractivity contribution in [2.75, 3.05) is 0 Å². The lowest BCUT2D eigenvalue weighted by Crippen LogP contribution is -2.52. The highest BCUT2D eigenvalue weighted by Crippen LogP contribution is 2.32. The second-order valence-electron chi connectivity index (χ2n) is 13.0. The van der Waals surface area contributed by atoms with Crippen LogP contribution in [0.3, 0.4) is 0 Å². The van der Waals surface area contributed by atoms with Gasteiger partial charge in [-0.05, 0) is 61.4 Å². The standard InChI is InChI=1S/C38H38N10/c1-2-12-26-25(11-1)39-35(40-26)21-47(22-36-41-27-13-3-4-14-28(27)42-36)33-19-9-10-20-34(33)48(23-37-43-29-15-5-6-16-30(29)44-37)24-38-45-31-17-7-8-18-32(31)46-38/h1-8,11-18,33-34H,9-10,19-24H2,(H,39,40)(H,41,42)(H,43,44)(H,45,46). The van der Waals surface area contributed by atoms with Crippen LogP contribution in [0.15, 0.2) is 97.1 Å². The molecule has 1 aliphatic carbocycles. The lowest BCUT2D eigenvalue weighted by Gasteiger charge is -2.44. The highest BCUT2D eigenvalue weighted by atomic mass is 15.3. The normalized spacial score (nSPS) is 17.1. The SMILES string of the molecule is c1ccc2[nH]c(CN(Cc3nc4ccccc4[nH]3)C3CCCCC3N(Cc3nc4ccccc4[nH]3)Cc3nc4ccccc4[nH]3)nc2c1. The molecule has 2 atom stereocenters. The maximum Gasteiger partial charge on any atom is 0.121 e. The van der Waals surface area contributed by atoms with Gasteiger partial charge in [0.25, 0.3) is 0 Å². The summed E-state index contributed by atoms with van der Waals surface area (Å²) in [4.78, 5) is 39.6. The molecule has 0 radical (unpaired) electrons. The second-order valence-corrected chi connectivity index (χ2v) is 13.0. The van der Waals surface area contributed by atoms with Crippen LogP contribution in [0.5, 0.6) is 0 Å². The Labute approximate surface area is 277 Å².